The minimum Gasteiger partial charge on any atom is -0.462 e. The number of para-hydroxylation sites is 1. The molecule has 8 heteroatoms. The fourth-order valence-corrected chi connectivity index (χ4v) is 3.19. The first kappa shape index (κ1) is 23.6. The SMILES string of the molecule is CCOC(=O)/C(=C\c1ccccc1)C(C)=Nc1c(C)c(NOC)nc(=O)n1-c1ccccc1. The van der Waals surface area contributed by atoms with E-state index in [1.54, 1.807) is 39.0 Å². The van der Waals surface area contributed by atoms with Crippen LogP contribution in [0.1, 0.15) is 25.0 Å². The summed E-state index contributed by atoms with van der Waals surface area (Å²) in [6.45, 7) is 5.44. The molecule has 0 saturated carbocycles. The highest BCUT2D eigenvalue weighted by Crippen LogP contribution is 2.26. The molecule has 3 aromatic rings. The molecule has 0 aliphatic carbocycles. The zero-order valence-electron chi connectivity index (χ0n) is 19.0. The number of aromatic nitrogens is 2. The highest BCUT2D eigenvalue weighted by molar-refractivity contribution is 6.22. The van der Waals surface area contributed by atoms with Gasteiger partial charge in [0.25, 0.3) is 0 Å². The van der Waals surface area contributed by atoms with Gasteiger partial charge in [-0.05, 0) is 44.5 Å². The summed E-state index contributed by atoms with van der Waals surface area (Å²) in [5.41, 5.74) is 4.75. The Morgan fingerprint density at radius 3 is 2.36 bits per heavy atom. The van der Waals surface area contributed by atoms with Crippen molar-refractivity contribution < 1.29 is 14.4 Å². The predicted octanol–water partition coefficient (Wildman–Crippen LogP) is 4.25. The molecule has 0 atom stereocenters. The monoisotopic (exact) mass is 446 g/mol. The molecule has 0 bridgehead atoms. The Kier molecular flexibility index (Phi) is 7.88. The Morgan fingerprint density at radius 1 is 1.12 bits per heavy atom. The van der Waals surface area contributed by atoms with Crippen molar-refractivity contribution in [1.82, 2.24) is 9.55 Å². The maximum atomic E-state index is 12.9. The highest BCUT2D eigenvalue weighted by atomic mass is 16.6. The molecule has 1 aromatic heterocycles. The van der Waals surface area contributed by atoms with Crippen molar-refractivity contribution in [3.63, 3.8) is 0 Å². The Bertz CT molecular complexity index is 1230. The third kappa shape index (κ3) is 5.61. The number of rotatable bonds is 8. The largest absolute Gasteiger partial charge is 0.462 e. The summed E-state index contributed by atoms with van der Waals surface area (Å²) in [5.74, 6) is 0.0608. The van der Waals surface area contributed by atoms with Gasteiger partial charge in [0.2, 0.25) is 0 Å². The van der Waals surface area contributed by atoms with E-state index in [0.29, 0.717) is 22.8 Å². The van der Waals surface area contributed by atoms with Crippen LogP contribution in [-0.4, -0.2) is 34.9 Å². The average molecular weight is 447 g/mol. The second kappa shape index (κ2) is 11.0. The number of esters is 1. The molecule has 3 rings (SSSR count). The first-order valence-corrected chi connectivity index (χ1v) is 10.4. The Balaban J connectivity index is 2.24. The molecular weight excluding hydrogens is 420 g/mol. The molecule has 0 saturated heterocycles. The molecule has 0 radical (unpaired) electrons. The fourth-order valence-electron chi connectivity index (χ4n) is 3.19. The molecule has 0 aliphatic heterocycles. The second-order valence-electron chi connectivity index (χ2n) is 7.06. The van der Waals surface area contributed by atoms with Gasteiger partial charge in [-0.25, -0.2) is 24.6 Å². The number of carbonyl (C=O) groups is 1. The van der Waals surface area contributed by atoms with E-state index in [9.17, 15) is 9.59 Å². The third-order valence-electron chi connectivity index (χ3n) is 4.78. The number of nitrogens with zero attached hydrogens (tertiary/aromatic N) is 3. The van der Waals surface area contributed by atoms with E-state index in [-0.39, 0.29) is 18.0 Å². The summed E-state index contributed by atoms with van der Waals surface area (Å²) in [5, 5.41) is 0. The lowest BCUT2D eigenvalue weighted by atomic mass is 10.1. The molecule has 33 heavy (non-hydrogen) atoms. The molecule has 8 nitrogen and oxygen atoms in total. The summed E-state index contributed by atoms with van der Waals surface area (Å²) < 4.78 is 6.66. The average Bonchev–Trinajstić information content (AvgIpc) is 2.82. The number of hydrogen-bond donors (Lipinski definition) is 1. The fraction of sp³-hybridized carbons (Fsp3) is 0.200. The van der Waals surface area contributed by atoms with Crippen molar-refractivity contribution in [3.05, 3.63) is 87.8 Å². The summed E-state index contributed by atoms with van der Waals surface area (Å²) in [6.07, 6.45) is 1.71. The number of nitrogens with one attached hydrogen (secondary N) is 1. The highest BCUT2D eigenvalue weighted by Gasteiger charge is 2.19. The van der Waals surface area contributed by atoms with E-state index in [0.717, 1.165) is 5.56 Å². The van der Waals surface area contributed by atoms with Crippen LogP contribution in [0.3, 0.4) is 0 Å². The smallest absolute Gasteiger partial charge is 0.355 e. The Hall–Kier alpha value is -4.04. The van der Waals surface area contributed by atoms with Gasteiger partial charge in [-0.3, -0.25) is 4.84 Å². The van der Waals surface area contributed by atoms with Gasteiger partial charge >= 0.3 is 11.7 Å². The zero-order valence-corrected chi connectivity index (χ0v) is 19.0. The van der Waals surface area contributed by atoms with Gasteiger partial charge in [0, 0.05) is 5.56 Å². The van der Waals surface area contributed by atoms with E-state index in [1.807, 2.05) is 48.5 Å². The molecule has 0 unspecified atom stereocenters. The number of carbonyl (C=O) groups excluding carboxylic acids is 1. The number of aliphatic imine (C=N–C) groups is 1. The number of anilines is 1. The van der Waals surface area contributed by atoms with Crippen LogP contribution in [0.25, 0.3) is 11.8 Å². The minimum absolute atomic E-state index is 0.225. The van der Waals surface area contributed by atoms with Crippen molar-refractivity contribution in [2.24, 2.45) is 4.99 Å². The van der Waals surface area contributed by atoms with Crippen LogP contribution in [-0.2, 0) is 14.4 Å². The zero-order chi connectivity index (χ0) is 23.8. The van der Waals surface area contributed by atoms with Crippen molar-refractivity contribution in [3.8, 4) is 5.69 Å². The summed E-state index contributed by atoms with van der Waals surface area (Å²) in [7, 11) is 1.43. The van der Waals surface area contributed by atoms with Crippen molar-refractivity contribution >= 4 is 29.4 Å². The molecule has 2 aromatic carbocycles. The van der Waals surface area contributed by atoms with E-state index in [2.05, 4.69) is 10.5 Å². The minimum atomic E-state index is -0.539. The van der Waals surface area contributed by atoms with Gasteiger partial charge in [0.05, 0.1) is 30.7 Å². The van der Waals surface area contributed by atoms with E-state index < -0.39 is 11.7 Å². The standard InChI is InChI=1S/C25H26N4O4/c1-5-33-24(30)21(16-19-12-8-6-9-13-19)18(3)26-23-17(2)22(28-32-4)27-25(31)29(23)20-14-10-7-11-15-20/h6-16H,5H2,1-4H3,(H,27,28,31)/b21-16-,26-18?. The molecule has 170 valence electrons. The molecule has 1 N–H and O–H groups in total. The van der Waals surface area contributed by atoms with Crippen LogP contribution < -0.4 is 11.2 Å². The number of hydrogen-bond acceptors (Lipinski definition) is 7. The van der Waals surface area contributed by atoms with Gasteiger partial charge in [-0.2, -0.15) is 4.98 Å². The van der Waals surface area contributed by atoms with Gasteiger partial charge in [-0.15, -0.1) is 0 Å². The lowest BCUT2D eigenvalue weighted by Gasteiger charge is -2.16. The van der Waals surface area contributed by atoms with E-state index in [1.165, 1.54) is 11.7 Å². The normalized spacial score (nSPS) is 11.9. The molecular formula is C25H26N4O4. The van der Waals surface area contributed by atoms with Gasteiger partial charge in [-0.1, -0.05) is 48.5 Å². The number of benzene rings is 2. The summed E-state index contributed by atoms with van der Waals surface area (Å²) >= 11 is 0. The van der Waals surface area contributed by atoms with Crippen LogP contribution in [0.4, 0.5) is 11.6 Å². The maximum absolute atomic E-state index is 12.9. The van der Waals surface area contributed by atoms with Gasteiger partial charge < -0.3 is 4.74 Å². The maximum Gasteiger partial charge on any atom is 0.355 e. The Morgan fingerprint density at radius 2 is 1.76 bits per heavy atom. The summed E-state index contributed by atoms with van der Waals surface area (Å²) in [4.78, 5) is 39.5. The lowest BCUT2D eigenvalue weighted by molar-refractivity contribution is -0.137. The van der Waals surface area contributed by atoms with E-state index in [4.69, 9.17) is 14.6 Å². The molecule has 0 amide bonds. The molecule has 0 fully saturated rings. The molecule has 1 heterocycles. The second-order valence-corrected chi connectivity index (χ2v) is 7.06. The van der Waals surface area contributed by atoms with Crippen LogP contribution in [0, 0.1) is 6.92 Å². The van der Waals surface area contributed by atoms with Crippen LogP contribution >= 0.6 is 0 Å². The number of ether oxygens (including phenoxy) is 1. The van der Waals surface area contributed by atoms with Crippen molar-refractivity contribution in [2.45, 2.75) is 20.8 Å². The third-order valence-corrected chi connectivity index (χ3v) is 4.78. The lowest BCUT2D eigenvalue weighted by Crippen LogP contribution is -2.24. The van der Waals surface area contributed by atoms with Gasteiger partial charge in [0.1, 0.15) is 5.82 Å². The van der Waals surface area contributed by atoms with E-state index >= 15 is 0 Å². The topological polar surface area (TPSA) is 94.8 Å². The molecule has 0 aliphatic rings. The van der Waals surface area contributed by atoms with Crippen molar-refractivity contribution in [2.75, 3.05) is 19.2 Å². The van der Waals surface area contributed by atoms with Crippen LogP contribution in [0.2, 0.25) is 0 Å². The predicted molar refractivity (Wildman–Crippen MR) is 129 cm³/mol. The van der Waals surface area contributed by atoms with Crippen molar-refractivity contribution in [1.29, 1.82) is 0 Å². The quantitative estimate of drug-likeness (QED) is 0.241. The first-order valence-electron chi connectivity index (χ1n) is 10.4. The Labute approximate surface area is 192 Å². The summed E-state index contributed by atoms with van der Waals surface area (Å²) in [6, 6.07) is 18.5. The van der Waals surface area contributed by atoms with Gasteiger partial charge in [0.15, 0.2) is 5.82 Å². The van der Waals surface area contributed by atoms with Crippen LogP contribution in [0.5, 0.6) is 0 Å². The molecule has 0 spiro atoms. The van der Waals surface area contributed by atoms with Crippen LogP contribution in [0.15, 0.2) is 76.0 Å². The first-order chi connectivity index (χ1) is 16.0.